The molecule has 0 atom stereocenters. The first kappa shape index (κ1) is 12.8. The molecule has 2 aromatic heterocycles. The van der Waals surface area contributed by atoms with Crippen LogP contribution in [-0.2, 0) is 0 Å². The summed E-state index contributed by atoms with van der Waals surface area (Å²) >= 11 is 0. The van der Waals surface area contributed by atoms with Crippen LogP contribution in [0.2, 0.25) is 0 Å². The molecule has 18 heavy (non-hydrogen) atoms. The highest BCUT2D eigenvalue weighted by molar-refractivity contribution is 5.45. The second kappa shape index (κ2) is 5.82. The predicted molar refractivity (Wildman–Crippen MR) is 74.0 cm³/mol. The van der Waals surface area contributed by atoms with E-state index in [1.807, 2.05) is 18.3 Å². The number of aryl methyl sites for hydroxylation is 1. The monoisotopic (exact) mass is 247 g/mol. The van der Waals surface area contributed by atoms with E-state index in [4.69, 9.17) is 0 Å². The van der Waals surface area contributed by atoms with E-state index in [0.29, 0.717) is 5.95 Å². The summed E-state index contributed by atoms with van der Waals surface area (Å²) < 4.78 is 1.80. The van der Waals surface area contributed by atoms with Gasteiger partial charge >= 0.3 is 0 Å². The van der Waals surface area contributed by atoms with Gasteiger partial charge in [-0.05, 0) is 58.1 Å². The van der Waals surface area contributed by atoms with Crippen molar-refractivity contribution in [1.29, 1.82) is 0 Å². The summed E-state index contributed by atoms with van der Waals surface area (Å²) in [6.45, 7) is 4.10. The van der Waals surface area contributed by atoms with Gasteiger partial charge in [0.25, 0.3) is 0 Å². The minimum absolute atomic E-state index is 0.713. The molecule has 0 saturated carbocycles. The van der Waals surface area contributed by atoms with Gasteiger partial charge in [0.05, 0.1) is 0 Å². The molecule has 0 aliphatic rings. The number of anilines is 1. The molecule has 1 N–H and O–H groups in total. The van der Waals surface area contributed by atoms with E-state index in [0.717, 1.165) is 25.2 Å². The third-order valence-corrected chi connectivity index (χ3v) is 2.81. The van der Waals surface area contributed by atoms with E-state index in [1.165, 1.54) is 12.0 Å². The van der Waals surface area contributed by atoms with Crippen molar-refractivity contribution in [1.82, 2.24) is 19.5 Å². The molecule has 5 heteroatoms. The topological polar surface area (TPSA) is 45.5 Å². The Kier molecular flexibility index (Phi) is 4.15. The van der Waals surface area contributed by atoms with Crippen molar-refractivity contribution in [3.05, 3.63) is 23.9 Å². The molecule has 0 amide bonds. The summed E-state index contributed by atoms with van der Waals surface area (Å²) in [5.74, 6) is 0.713. The van der Waals surface area contributed by atoms with Crippen LogP contribution in [0.3, 0.4) is 0 Å². The first-order valence-corrected chi connectivity index (χ1v) is 6.37. The standard InChI is InChI=1S/C13H21N5/c1-11-6-9-18-12(10-11)15-13(16-18)14-7-4-5-8-17(2)3/h6,9-10H,4-5,7-8H2,1-3H3,(H,14,16). The summed E-state index contributed by atoms with van der Waals surface area (Å²) in [7, 11) is 4.19. The van der Waals surface area contributed by atoms with Crippen molar-refractivity contribution in [2.75, 3.05) is 32.5 Å². The van der Waals surface area contributed by atoms with Crippen LogP contribution in [0.1, 0.15) is 18.4 Å². The largest absolute Gasteiger partial charge is 0.353 e. The molecule has 0 bridgehead atoms. The third kappa shape index (κ3) is 3.43. The Balaban J connectivity index is 1.84. The molecule has 0 radical (unpaired) electrons. The third-order valence-electron chi connectivity index (χ3n) is 2.81. The predicted octanol–water partition coefficient (Wildman–Crippen LogP) is 1.79. The molecule has 2 rings (SSSR count). The molecule has 2 aromatic rings. The second-order valence-corrected chi connectivity index (χ2v) is 4.88. The molecule has 2 heterocycles. The van der Waals surface area contributed by atoms with E-state index >= 15 is 0 Å². The van der Waals surface area contributed by atoms with E-state index < -0.39 is 0 Å². The van der Waals surface area contributed by atoms with Crippen molar-refractivity contribution in [3.63, 3.8) is 0 Å². The average molecular weight is 247 g/mol. The van der Waals surface area contributed by atoms with Gasteiger partial charge in [-0.1, -0.05) is 0 Å². The average Bonchev–Trinajstić information content (AvgIpc) is 2.70. The van der Waals surface area contributed by atoms with Gasteiger partial charge in [0.2, 0.25) is 5.95 Å². The SMILES string of the molecule is Cc1ccn2nc(NCCCCN(C)C)nc2c1. The number of rotatable bonds is 6. The summed E-state index contributed by atoms with van der Waals surface area (Å²) in [6.07, 6.45) is 4.26. The van der Waals surface area contributed by atoms with E-state index in [-0.39, 0.29) is 0 Å². The van der Waals surface area contributed by atoms with Gasteiger partial charge in [-0.3, -0.25) is 0 Å². The minimum Gasteiger partial charge on any atom is -0.353 e. The number of aromatic nitrogens is 3. The number of fused-ring (bicyclic) bond motifs is 1. The Morgan fingerprint density at radius 2 is 2.17 bits per heavy atom. The lowest BCUT2D eigenvalue weighted by Gasteiger charge is -2.08. The molecule has 0 fully saturated rings. The molecule has 0 aliphatic heterocycles. The van der Waals surface area contributed by atoms with Crippen molar-refractivity contribution in [3.8, 4) is 0 Å². The fraction of sp³-hybridized carbons (Fsp3) is 0.538. The fourth-order valence-electron chi connectivity index (χ4n) is 1.81. The molecule has 5 nitrogen and oxygen atoms in total. The van der Waals surface area contributed by atoms with Crippen LogP contribution < -0.4 is 5.32 Å². The van der Waals surface area contributed by atoms with Crippen LogP contribution in [0.4, 0.5) is 5.95 Å². The van der Waals surface area contributed by atoms with Gasteiger partial charge in [-0.15, -0.1) is 5.10 Å². The number of pyridine rings is 1. The summed E-state index contributed by atoms with van der Waals surface area (Å²) in [4.78, 5) is 6.64. The lowest BCUT2D eigenvalue weighted by Crippen LogP contribution is -2.14. The van der Waals surface area contributed by atoms with E-state index in [9.17, 15) is 0 Å². The Hall–Kier alpha value is -1.62. The number of unbranched alkanes of at least 4 members (excludes halogenated alkanes) is 1. The number of nitrogens with zero attached hydrogens (tertiary/aromatic N) is 4. The lowest BCUT2D eigenvalue weighted by molar-refractivity contribution is 0.396. The molecule has 98 valence electrons. The quantitative estimate of drug-likeness (QED) is 0.791. The molecular weight excluding hydrogens is 226 g/mol. The van der Waals surface area contributed by atoms with Crippen molar-refractivity contribution < 1.29 is 0 Å². The molecule has 0 aromatic carbocycles. The van der Waals surface area contributed by atoms with E-state index in [1.54, 1.807) is 4.52 Å². The van der Waals surface area contributed by atoms with Crippen LogP contribution >= 0.6 is 0 Å². The molecule has 0 unspecified atom stereocenters. The zero-order valence-electron chi connectivity index (χ0n) is 11.3. The zero-order valence-corrected chi connectivity index (χ0v) is 11.3. The van der Waals surface area contributed by atoms with Gasteiger partial charge < -0.3 is 10.2 Å². The van der Waals surface area contributed by atoms with Crippen LogP contribution in [0.15, 0.2) is 18.3 Å². The zero-order chi connectivity index (χ0) is 13.0. The van der Waals surface area contributed by atoms with Gasteiger partial charge in [-0.25, -0.2) is 4.52 Å². The van der Waals surface area contributed by atoms with Crippen LogP contribution in [0, 0.1) is 6.92 Å². The highest BCUT2D eigenvalue weighted by Gasteiger charge is 2.02. The Bertz CT molecular complexity index is 503. The van der Waals surface area contributed by atoms with Crippen molar-refractivity contribution >= 4 is 11.6 Å². The van der Waals surface area contributed by atoms with E-state index in [2.05, 4.69) is 41.3 Å². The summed E-state index contributed by atoms with van der Waals surface area (Å²) in [5.41, 5.74) is 2.10. The molecule has 0 spiro atoms. The highest BCUT2D eigenvalue weighted by atomic mass is 15.3. The Morgan fingerprint density at radius 3 is 2.94 bits per heavy atom. The van der Waals surface area contributed by atoms with Gasteiger partial charge in [-0.2, -0.15) is 4.98 Å². The van der Waals surface area contributed by atoms with Crippen molar-refractivity contribution in [2.45, 2.75) is 19.8 Å². The first-order valence-electron chi connectivity index (χ1n) is 6.37. The van der Waals surface area contributed by atoms with Crippen LogP contribution in [0.5, 0.6) is 0 Å². The van der Waals surface area contributed by atoms with Crippen LogP contribution in [-0.4, -0.2) is 46.7 Å². The summed E-state index contributed by atoms with van der Waals surface area (Å²) in [6, 6.07) is 4.06. The van der Waals surface area contributed by atoms with Gasteiger partial charge in [0, 0.05) is 12.7 Å². The minimum atomic E-state index is 0.713. The lowest BCUT2D eigenvalue weighted by atomic mass is 10.3. The first-order chi connectivity index (χ1) is 8.65. The normalized spacial score (nSPS) is 11.3. The van der Waals surface area contributed by atoms with Crippen LogP contribution in [0.25, 0.3) is 5.65 Å². The Labute approximate surface area is 108 Å². The maximum Gasteiger partial charge on any atom is 0.243 e. The fourth-order valence-corrected chi connectivity index (χ4v) is 1.81. The van der Waals surface area contributed by atoms with Crippen molar-refractivity contribution in [2.24, 2.45) is 0 Å². The summed E-state index contributed by atoms with van der Waals surface area (Å²) in [5, 5.41) is 7.64. The highest BCUT2D eigenvalue weighted by Crippen LogP contribution is 2.07. The maximum absolute atomic E-state index is 4.44. The number of hydrogen-bond acceptors (Lipinski definition) is 4. The molecule has 0 aliphatic carbocycles. The maximum atomic E-state index is 4.44. The second-order valence-electron chi connectivity index (χ2n) is 4.88. The van der Waals surface area contributed by atoms with Gasteiger partial charge in [0.15, 0.2) is 5.65 Å². The Morgan fingerprint density at radius 1 is 1.33 bits per heavy atom. The van der Waals surface area contributed by atoms with Gasteiger partial charge in [0.1, 0.15) is 0 Å². The smallest absolute Gasteiger partial charge is 0.243 e. The molecular formula is C13H21N5. The number of hydrogen-bond donors (Lipinski definition) is 1. The molecule has 0 saturated heterocycles. The number of nitrogens with one attached hydrogen (secondary N) is 1.